The first kappa shape index (κ1) is 26.3. The number of fused-ring (bicyclic) bond motifs is 1. The summed E-state index contributed by atoms with van der Waals surface area (Å²) in [5.41, 5.74) is 3.90. The lowest BCUT2D eigenvalue weighted by atomic mass is 9.91. The van der Waals surface area contributed by atoms with Crippen LogP contribution in [0.4, 0.5) is 10.2 Å². The van der Waals surface area contributed by atoms with Gasteiger partial charge in [-0.15, -0.1) is 23.7 Å². The number of carbonyl (C=O) groups is 1. The van der Waals surface area contributed by atoms with E-state index in [4.69, 9.17) is 0 Å². The molecule has 188 valence electrons. The van der Waals surface area contributed by atoms with E-state index in [0.29, 0.717) is 17.9 Å². The van der Waals surface area contributed by atoms with Crippen molar-refractivity contribution in [3.63, 3.8) is 0 Å². The van der Waals surface area contributed by atoms with Crippen LogP contribution in [-0.2, 0) is 4.79 Å². The molecule has 2 aromatic heterocycles. The van der Waals surface area contributed by atoms with Crippen LogP contribution < -0.4 is 10.6 Å². The molecule has 5 rings (SSSR count). The minimum atomic E-state index is -0.768. The van der Waals surface area contributed by atoms with E-state index >= 15 is 0 Å². The molecule has 0 saturated heterocycles. The van der Waals surface area contributed by atoms with Gasteiger partial charge in [0.1, 0.15) is 28.8 Å². The number of anilines is 1. The van der Waals surface area contributed by atoms with Gasteiger partial charge >= 0.3 is 0 Å². The molecule has 0 saturated carbocycles. The van der Waals surface area contributed by atoms with Gasteiger partial charge < -0.3 is 10.6 Å². The van der Waals surface area contributed by atoms with Crippen LogP contribution in [0.25, 0.3) is 10.2 Å². The Balaban J connectivity index is 0.00000320. The maximum atomic E-state index is 13.7. The van der Waals surface area contributed by atoms with Crippen molar-refractivity contribution in [2.45, 2.75) is 18.9 Å². The molecule has 0 aliphatic carbocycles. The number of nitrogens with one attached hydrogen (secondary N) is 2. The summed E-state index contributed by atoms with van der Waals surface area (Å²) in [7, 11) is 0. The minimum absolute atomic E-state index is 0. The van der Waals surface area contributed by atoms with E-state index in [-0.39, 0.29) is 30.0 Å². The van der Waals surface area contributed by atoms with E-state index in [2.05, 4.69) is 44.9 Å². The summed E-state index contributed by atoms with van der Waals surface area (Å²) in [5, 5.41) is 9.34. The first-order chi connectivity index (χ1) is 17.6. The smallest absolute Gasteiger partial charge is 0.247 e. The van der Waals surface area contributed by atoms with Crippen LogP contribution in [0.1, 0.15) is 34.2 Å². The first-order valence-corrected chi connectivity index (χ1v) is 12.6. The number of thiophene rings is 1. The van der Waals surface area contributed by atoms with Crippen LogP contribution in [0.2, 0.25) is 0 Å². The van der Waals surface area contributed by atoms with Gasteiger partial charge in [0.2, 0.25) is 5.91 Å². The van der Waals surface area contributed by atoms with Crippen LogP contribution in [0, 0.1) is 12.7 Å². The maximum absolute atomic E-state index is 13.7. The number of rotatable bonds is 8. The highest BCUT2D eigenvalue weighted by atomic mass is 35.5. The molecule has 0 fully saturated rings. The fourth-order valence-corrected chi connectivity index (χ4v) is 5.21. The first-order valence-electron chi connectivity index (χ1n) is 11.7. The fourth-order valence-electron chi connectivity index (χ4n) is 4.32. The zero-order valence-corrected chi connectivity index (χ0v) is 21.7. The summed E-state index contributed by atoms with van der Waals surface area (Å²) >= 11 is 1.53. The largest absolute Gasteiger partial charge is 0.354 e. The summed E-state index contributed by atoms with van der Waals surface area (Å²) in [6, 6.07) is 25.4. The highest BCUT2D eigenvalue weighted by molar-refractivity contribution is 7.17. The van der Waals surface area contributed by atoms with Crippen LogP contribution >= 0.6 is 23.7 Å². The highest BCUT2D eigenvalue weighted by Crippen LogP contribution is 2.31. The summed E-state index contributed by atoms with van der Waals surface area (Å²) < 4.78 is 13.7. The lowest BCUT2D eigenvalue weighted by molar-refractivity contribution is -0.122. The third kappa shape index (κ3) is 5.96. The second-order valence-corrected chi connectivity index (χ2v) is 9.43. The van der Waals surface area contributed by atoms with Crippen LogP contribution in [0.15, 0.2) is 96.6 Å². The Bertz CT molecular complexity index is 1420. The number of aromatic nitrogens is 2. The quantitative estimate of drug-likeness (QED) is 0.234. The molecule has 1 amide bonds. The summed E-state index contributed by atoms with van der Waals surface area (Å²) in [6.07, 6.45) is 1.49. The molecule has 0 aliphatic rings. The Labute approximate surface area is 225 Å². The van der Waals surface area contributed by atoms with Crippen molar-refractivity contribution in [3.8, 4) is 0 Å². The number of carbonyl (C=O) groups excluding carboxylic acids is 1. The van der Waals surface area contributed by atoms with Gasteiger partial charge in [-0.25, -0.2) is 14.4 Å². The number of nitrogens with zero attached hydrogens (tertiary/aromatic N) is 2. The van der Waals surface area contributed by atoms with Crippen molar-refractivity contribution in [2.24, 2.45) is 0 Å². The second-order valence-electron chi connectivity index (χ2n) is 8.57. The summed E-state index contributed by atoms with van der Waals surface area (Å²) in [4.78, 5) is 23.3. The third-order valence-electron chi connectivity index (χ3n) is 6.19. The van der Waals surface area contributed by atoms with E-state index in [9.17, 15) is 9.18 Å². The maximum Gasteiger partial charge on any atom is 0.247 e. The Morgan fingerprint density at radius 3 is 2.14 bits per heavy atom. The SMILES string of the molecule is Cc1csc2ncnc(NC(C(=O)NCC(c3ccccc3)c3ccccc3)c3ccc(F)cc3)c12.Cl. The molecule has 0 spiro atoms. The van der Waals surface area contributed by atoms with Crippen molar-refractivity contribution in [1.82, 2.24) is 15.3 Å². The molecule has 0 aliphatic heterocycles. The normalized spacial score (nSPS) is 11.6. The van der Waals surface area contributed by atoms with Crippen molar-refractivity contribution < 1.29 is 9.18 Å². The van der Waals surface area contributed by atoms with Gasteiger partial charge in [-0.1, -0.05) is 72.8 Å². The number of hydrogen-bond acceptors (Lipinski definition) is 5. The van der Waals surface area contributed by atoms with Gasteiger partial charge in [0.05, 0.1) is 5.39 Å². The standard InChI is InChI=1S/C29H25FN4OS.ClH/c1-19-17-36-29-25(19)27(32-18-33-29)34-26(22-12-14-23(30)15-13-22)28(35)31-16-24(20-8-4-2-5-9-20)21-10-6-3-7-11-21;/h2-15,17-18,24,26H,16H2,1H3,(H,31,35)(H,32,33,34);1H. The predicted octanol–water partition coefficient (Wildman–Crippen LogP) is 6.66. The molecule has 5 aromatic rings. The molecule has 3 aromatic carbocycles. The zero-order chi connectivity index (χ0) is 24.9. The molecule has 1 atom stereocenters. The van der Waals surface area contributed by atoms with Crippen molar-refractivity contribution >= 4 is 45.7 Å². The Morgan fingerprint density at radius 1 is 0.892 bits per heavy atom. The van der Waals surface area contributed by atoms with E-state index in [1.807, 2.05) is 48.7 Å². The lowest BCUT2D eigenvalue weighted by Crippen LogP contribution is -2.36. The van der Waals surface area contributed by atoms with E-state index in [1.165, 1.54) is 29.8 Å². The molecule has 5 nitrogen and oxygen atoms in total. The van der Waals surface area contributed by atoms with Crippen molar-refractivity contribution in [1.29, 1.82) is 0 Å². The molecule has 0 radical (unpaired) electrons. The van der Waals surface area contributed by atoms with Crippen molar-refractivity contribution in [3.05, 3.63) is 125 Å². The van der Waals surface area contributed by atoms with Gasteiger partial charge in [0.25, 0.3) is 0 Å². The highest BCUT2D eigenvalue weighted by Gasteiger charge is 2.24. The Morgan fingerprint density at radius 2 is 1.51 bits per heavy atom. The minimum Gasteiger partial charge on any atom is -0.354 e. The molecule has 37 heavy (non-hydrogen) atoms. The number of hydrogen-bond donors (Lipinski definition) is 2. The van der Waals surface area contributed by atoms with Crippen LogP contribution in [0.5, 0.6) is 0 Å². The van der Waals surface area contributed by atoms with Gasteiger partial charge in [-0.05, 0) is 46.7 Å². The number of benzene rings is 3. The Hall–Kier alpha value is -3.81. The zero-order valence-electron chi connectivity index (χ0n) is 20.1. The van der Waals surface area contributed by atoms with Gasteiger partial charge in [0, 0.05) is 12.5 Å². The van der Waals surface area contributed by atoms with Gasteiger partial charge in [0.15, 0.2) is 0 Å². The molecular formula is C29H26ClFN4OS. The average Bonchev–Trinajstić information content (AvgIpc) is 3.30. The third-order valence-corrected chi connectivity index (χ3v) is 7.19. The van der Waals surface area contributed by atoms with Crippen LogP contribution in [-0.4, -0.2) is 22.4 Å². The molecule has 1 unspecified atom stereocenters. The summed E-state index contributed by atoms with van der Waals surface area (Å²) in [6.45, 7) is 2.40. The fraction of sp³-hybridized carbons (Fsp3) is 0.138. The average molecular weight is 533 g/mol. The monoisotopic (exact) mass is 532 g/mol. The van der Waals surface area contributed by atoms with E-state index in [0.717, 1.165) is 26.9 Å². The van der Waals surface area contributed by atoms with E-state index < -0.39 is 6.04 Å². The summed E-state index contributed by atoms with van der Waals surface area (Å²) in [5.74, 6) is -0.0247. The Kier molecular flexibility index (Phi) is 8.48. The number of halogens is 2. The molecule has 8 heteroatoms. The van der Waals surface area contributed by atoms with Gasteiger partial charge in [-0.3, -0.25) is 4.79 Å². The predicted molar refractivity (Wildman–Crippen MR) is 150 cm³/mol. The van der Waals surface area contributed by atoms with Crippen molar-refractivity contribution in [2.75, 3.05) is 11.9 Å². The topological polar surface area (TPSA) is 66.9 Å². The second kappa shape index (κ2) is 12.0. The molecular weight excluding hydrogens is 507 g/mol. The van der Waals surface area contributed by atoms with Crippen LogP contribution in [0.3, 0.4) is 0 Å². The van der Waals surface area contributed by atoms with Gasteiger partial charge in [-0.2, -0.15) is 0 Å². The number of amides is 1. The lowest BCUT2D eigenvalue weighted by Gasteiger charge is -2.23. The van der Waals surface area contributed by atoms with E-state index in [1.54, 1.807) is 12.1 Å². The molecule has 0 bridgehead atoms. The molecule has 2 N–H and O–H groups in total. The number of aryl methyl sites for hydroxylation is 1. The molecule has 2 heterocycles.